The Morgan fingerprint density at radius 3 is 2.35 bits per heavy atom. The molecule has 1 unspecified atom stereocenters. The fraction of sp³-hybridized carbons (Fsp3) is 0.867. The standard InChI is InChI=1S/C15H28N2O3/c1-15(2,3)12(13(18)19)17-14(20)16-10-6-9-11-7-4-5-8-11/h11-12H,4-10H2,1-3H3,(H,18,19)(H2,16,17,20). The number of hydrogen-bond acceptors (Lipinski definition) is 2. The highest BCUT2D eigenvalue weighted by molar-refractivity contribution is 5.83. The first-order valence-corrected chi connectivity index (χ1v) is 7.58. The van der Waals surface area contributed by atoms with Crippen molar-refractivity contribution in [3.05, 3.63) is 0 Å². The van der Waals surface area contributed by atoms with E-state index in [0.29, 0.717) is 6.54 Å². The Kier molecular flexibility index (Phi) is 6.30. The van der Waals surface area contributed by atoms with Crippen LogP contribution < -0.4 is 10.6 Å². The Hall–Kier alpha value is -1.26. The zero-order valence-corrected chi connectivity index (χ0v) is 12.9. The van der Waals surface area contributed by atoms with Gasteiger partial charge in [0.15, 0.2) is 0 Å². The van der Waals surface area contributed by atoms with E-state index in [4.69, 9.17) is 5.11 Å². The molecule has 116 valence electrons. The summed E-state index contributed by atoms with van der Waals surface area (Å²) >= 11 is 0. The molecule has 1 aliphatic rings. The first-order valence-electron chi connectivity index (χ1n) is 7.58. The van der Waals surface area contributed by atoms with Crippen LogP contribution in [-0.4, -0.2) is 29.7 Å². The Bertz CT molecular complexity index is 331. The number of hydrogen-bond donors (Lipinski definition) is 3. The van der Waals surface area contributed by atoms with Crippen molar-refractivity contribution in [3.8, 4) is 0 Å². The van der Waals surface area contributed by atoms with Gasteiger partial charge in [0.1, 0.15) is 6.04 Å². The fourth-order valence-corrected chi connectivity index (χ4v) is 2.72. The number of nitrogens with one attached hydrogen (secondary N) is 2. The van der Waals surface area contributed by atoms with E-state index in [1.165, 1.54) is 25.7 Å². The quantitative estimate of drug-likeness (QED) is 0.656. The lowest BCUT2D eigenvalue weighted by Crippen LogP contribution is -2.52. The molecule has 0 radical (unpaired) electrons. The van der Waals surface area contributed by atoms with Crippen molar-refractivity contribution in [3.63, 3.8) is 0 Å². The average molecular weight is 284 g/mol. The van der Waals surface area contributed by atoms with Gasteiger partial charge in [-0.25, -0.2) is 9.59 Å². The number of carboxylic acid groups (broad SMARTS) is 1. The van der Waals surface area contributed by atoms with E-state index >= 15 is 0 Å². The third-order valence-corrected chi connectivity index (χ3v) is 3.94. The normalized spacial score (nSPS) is 17.8. The number of carbonyl (C=O) groups is 2. The topological polar surface area (TPSA) is 78.4 Å². The maximum atomic E-state index is 11.7. The molecule has 0 aromatic rings. The molecule has 1 rings (SSSR count). The average Bonchev–Trinajstić information content (AvgIpc) is 2.83. The van der Waals surface area contributed by atoms with E-state index in [1.807, 2.05) is 0 Å². The van der Waals surface area contributed by atoms with Crippen molar-refractivity contribution in [1.29, 1.82) is 0 Å². The number of carboxylic acids is 1. The number of rotatable bonds is 6. The van der Waals surface area contributed by atoms with E-state index < -0.39 is 23.5 Å². The van der Waals surface area contributed by atoms with E-state index in [2.05, 4.69) is 10.6 Å². The largest absolute Gasteiger partial charge is 0.480 e. The minimum Gasteiger partial charge on any atom is -0.480 e. The molecule has 2 amide bonds. The number of aliphatic carboxylic acids is 1. The summed E-state index contributed by atoms with van der Waals surface area (Å²) in [4.78, 5) is 22.9. The second-order valence-electron chi connectivity index (χ2n) is 6.83. The van der Waals surface area contributed by atoms with E-state index in [1.54, 1.807) is 20.8 Å². The third-order valence-electron chi connectivity index (χ3n) is 3.94. The molecule has 0 saturated heterocycles. The Morgan fingerprint density at radius 1 is 1.25 bits per heavy atom. The van der Waals surface area contributed by atoms with Crippen LogP contribution in [0, 0.1) is 11.3 Å². The highest BCUT2D eigenvalue weighted by atomic mass is 16.4. The van der Waals surface area contributed by atoms with Crippen molar-refractivity contribution in [2.45, 2.75) is 65.3 Å². The van der Waals surface area contributed by atoms with Gasteiger partial charge >= 0.3 is 12.0 Å². The zero-order valence-electron chi connectivity index (χ0n) is 12.9. The molecular weight excluding hydrogens is 256 g/mol. The van der Waals surface area contributed by atoms with Crippen LogP contribution in [0.3, 0.4) is 0 Å². The lowest BCUT2D eigenvalue weighted by molar-refractivity contribution is -0.141. The predicted molar refractivity (Wildman–Crippen MR) is 78.6 cm³/mol. The lowest BCUT2D eigenvalue weighted by atomic mass is 9.87. The van der Waals surface area contributed by atoms with E-state index in [0.717, 1.165) is 18.8 Å². The Labute approximate surface area is 121 Å². The number of amides is 2. The highest BCUT2D eigenvalue weighted by Gasteiger charge is 2.32. The van der Waals surface area contributed by atoms with Crippen LogP contribution in [0.15, 0.2) is 0 Å². The van der Waals surface area contributed by atoms with Gasteiger partial charge in [0.2, 0.25) is 0 Å². The first kappa shape index (κ1) is 16.8. The monoisotopic (exact) mass is 284 g/mol. The molecule has 0 bridgehead atoms. The molecule has 5 nitrogen and oxygen atoms in total. The van der Waals surface area contributed by atoms with Crippen LogP contribution >= 0.6 is 0 Å². The summed E-state index contributed by atoms with van der Waals surface area (Å²) < 4.78 is 0. The lowest BCUT2D eigenvalue weighted by Gasteiger charge is -2.27. The van der Waals surface area contributed by atoms with Crippen LogP contribution in [0.4, 0.5) is 4.79 Å². The molecule has 1 fully saturated rings. The molecule has 0 aromatic heterocycles. The minimum absolute atomic E-state index is 0.390. The third kappa shape index (κ3) is 5.80. The summed E-state index contributed by atoms with van der Waals surface area (Å²) in [6, 6.07) is -1.27. The van der Waals surface area contributed by atoms with Crippen LogP contribution in [0.5, 0.6) is 0 Å². The van der Waals surface area contributed by atoms with Gasteiger partial charge in [-0.3, -0.25) is 0 Å². The fourth-order valence-electron chi connectivity index (χ4n) is 2.72. The summed E-state index contributed by atoms with van der Waals surface area (Å²) in [5.74, 6) is -0.181. The van der Waals surface area contributed by atoms with Crippen molar-refractivity contribution >= 4 is 12.0 Å². The highest BCUT2D eigenvalue weighted by Crippen LogP contribution is 2.28. The molecule has 20 heavy (non-hydrogen) atoms. The second-order valence-corrected chi connectivity index (χ2v) is 6.83. The van der Waals surface area contributed by atoms with Crippen molar-refractivity contribution < 1.29 is 14.7 Å². The number of urea groups is 1. The van der Waals surface area contributed by atoms with Gasteiger partial charge in [0, 0.05) is 6.54 Å². The van der Waals surface area contributed by atoms with Gasteiger partial charge in [-0.15, -0.1) is 0 Å². The van der Waals surface area contributed by atoms with Gasteiger partial charge in [-0.2, -0.15) is 0 Å². The molecule has 1 atom stereocenters. The molecule has 0 aliphatic heterocycles. The van der Waals surface area contributed by atoms with Gasteiger partial charge in [0.05, 0.1) is 0 Å². The molecule has 0 aromatic carbocycles. The minimum atomic E-state index is -1.00. The molecule has 1 saturated carbocycles. The maximum absolute atomic E-state index is 11.7. The second kappa shape index (κ2) is 7.50. The summed E-state index contributed by atoms with van der Waals surface area (Å²) in [7, 11) is 0. The summed E-state index contributed by atoms with van der Waals surface area (Å²) in [6.45, 7) is 6.00. The first-order chi connectivity index (χ1) is 9.30. The Morgan fingerprint density at radius 2 is 1.85 bits per heavy atom. The smallest absolute Gasteiger partial charge is 0.326 e. The predicted octanol–water partition coefficient (Wildman–Crippen LogP) is 2.76. The Balaban J connectivity index is 2.22. The van der Waals surface area contributed by atoms with E-state index in [-0.39, 0.29) is 0 Å². The van der Waals surface area contributed by atoms with Crippen molar-refractivity contribution in [2.75, 3.05) is 6.54 Å². The molecular formula is C15H28N2O3. The van der Waals surface area contributed by atoms with Crippen molar-refractivity contribution in [1.82, 2.24) is 10.6 Å². The molecule has 0 heterocycles. The van der Waals surface area contributed by atoms with Gasteiger partial charge in [-0.1, -0.05) is 46.5 Å². The molecule has 3 N–H and O–H groups in total. The van der Waals surface area contributed by atoms with Crippen LogP contribution in [0.1, 0.15) is 59.3 Å². The van der Waals surface area contributed by atoms with Gasteiger partial charge in [0.25, 0.3) is 0 Å². The summed E-state index contributed by atoms with van der Waals surface area (Å²) in [5, 5.41) is 14.4. The molecule has 5 heteroatoms. The zero-order chi connectivity index (χ0) is 15.2. The van der Waals surface area contributed by atoms with Gasteiger partial charge in [-0.05, 0) is 24.2 Å². The van der Waals surface area contributed by atoms with Crippen LogP contribution in [0.2, 0.25) is 0 Å². The van der Waals surface area contributed by atoms with Crippen LogP contribution in [-0.2, 0) is 4.79 Å². The number of carbonyl (C=O) groups excluding carboxylic acids is 1. The van der Waals surface area contributed by atoms with E-state index in [9.17, 15) is 9.59 Å². The molecule has 1 aliphatic carbocycles. The maximum Gasteiger partial charge on any atom is 0.326 e. The summed E-state index contributed by atoms with van der Waals surface area (Å²) in [6.07, 6.45) is 7.43. The molecule has 0 spiro atoms. The van der Waals surface area contributed by atoms with Crippen molar-refractivity contribution in [2.24, 2.45) is 11.3 Å². The summed E-state index contributed by atoms with van der Waals surface area (Å²) in [5.41, 5.74) is -0.507. The van der Waals surface area contributed by atoms with Crippen LogP contribution in [0.25, 0.3) is 0 Å². The van der Waals surface area contributed by atoms with Gasteiger partial charge < -0.3 is 15.7 Å². The SMILES string of the molecule is CC(C)(C)C(NC(=O)NCCCC1CCCC1)C(=O)O.